The number of nitrogens with two attached hydrogens (primary N) is 1. The molecule has 6 heteroatoms. The van der Waals surface area contributed by atoms with Crippen LogP contribution >= 0.6 is 0 Å². The molecule has 3 N–H and O–H groups in total. The Balaban J connectivity index is 3.72. The molecule has 0 fully saturated rings. The Bertz CT molecular complexity index is 147. The fourth-order valence-electron chi connectivity index (χ4n) is 1.40. The highest BCUT2D eigenvalue weighted by Crippen LogP contribution is 2.17. The van der Waals surface area contributed by atoms with Gasteiger partial charge in [-0.3, -0.25) is 0 Å². The van der Waals surface area contributed by atoms with Crippen LogP contribution in [0.3, 0.4) is 0 Å². The molecule has 0 radical (unpaired) electrons. The summed E-state index contributed by atoms with van der Waals surface area (Å²) in [5, 5.41) is 9.25. The molecule has 1 unspecified atom stereocenters. The van der Waals surface area contributed by atoms with E-state index in [-0.39, 0.29) is 0 Å². The predicted molar refractivity (Wildman–Crippen MR) is 60.5 cm³/mol. The Morgan fingerprint density at radius 3 is 2.07 bits per heavy atom. The van der Waals surface area contributed by atoms with Crippen LogP contribution in [-0.4, -0.2) is 47.9 Å². The van der Waals surface area contributed by atoms with Gasteiger partial charge < -0.3 is 24.1 Å². The number of unbranched alkanes of at least 4 members (excludes halogenated alkanes) is 1. The van der Waals surface area contributed by atoms with Gasteiger partial charge in [0.05, 0.1) is 6.10 Å². The fraction of sp³-hybridized carbons (Fsp3) is 1.00. The third-order valence-electron chi connectivity index (χ3n) is 2.48. The molecule has 0 bridgehead atoms. The lowest BCUT2D eigenvalue weighted by Gasteiger charge is -2.24. The van der Waals surface area contributed by atoms with Crippen LogP contribution < -0.4 is 5.73 Å². The summed E-state index contributed by atoms with van der Waals surface area (Å²) in [6, 6.07) is 0.772. The Hall–Kier alpha value is 0.0169. The smallest absolute Gasteiger partial charge is 0.392 e. The zero-order valence-corrected chi connectivity index (χ0v) is 10.9. The van der Waals surface area contributed by atoms with Gasteiger partial charge in [0.1, 0.15) is 0 Å². The molecule has 15 heavy (non-hydrogen) atoms. The molecule has 0 aliphatic heterocycles. The van der Waals surface area contributed by atoms with E-state index < -0.39 is 14.9 Å². The van der Waals surface area contributed by atoms with E-state index in [0.717, 1.165) is 25.3 Å². The van der Waals surface area contributed by atoms with Crippen molar-refractivity contribution in [1.29, 1.82) is 0 Å². The highest BCUT2D eigenvalue weighted by molar-refractivity contribution is 6.60. The SMILES string of the molecule is CO[Si](CCCCC(O)CN)(OC)OC. The predicted octanol–water partition coefficient (Wildman–Crippen LogP) is 0.354. The summed E-state index contributed by atoms with van der Waals surface area (Å²) < 4.78 is 15.8. The first-order valence-corrected chi connectivity index (χ1v) is 7.11. The molecule has 5 nitrogen and oxygen atoms in total. The van der Waals surface area contributed by atoms with E-state index in [1.165, 1.54) is 0 Å². The fourth-order valence-corrected chi connectivity index (χ4v) is 3.19. The topological polar surface area (TPSA) is 73.9 Å². The maximum absolute atomic E-state index is 9.25. The Labute approximate surface area is 92.9 Å². The van der Waals surface area contributed by atoms with Gasteiger partial charge in [0.25, 0.3) is 0 Å². The number of aliphatic hydroxyl groups excluding tert-OH is 1. The van der Waals surface area contributed by atoms with Gasteiger partial charge in [-0.15, -0.1) is 0 Å². The molecule has 0 aliphatic carbocycles. The van der Waals surface area contributed by atoms with E-state index in [9.17, 15) is 5.11 Å². The van der Waals surface area contributed by atoms with Crippen molar-refractivity contribution in [3.63, 3.8) is 0 Å². The van der Waals surface area contributed by atoms with Crippen LogP contribution in [0.15, 0.2) is 0 Å². The third kappa shape index (κ3) is 5.60. The first-order chi connectivity index (χ1) is 7.14. The third-order valence-corrected chi connectivity index (χ3v) is 5.31. The lowest BCUT2D eigenvalue weighted by Crippen LogP contribution is -2.42. The second kappa shape index (κ2) is 8.20. The lowest BCUT2D eigenvalue weighted by atomic mass is 10.2. The highest BCUT2D eigenvalue weighted by Gasteiger charge is 2.36. The van der Waals surface area contributed by atoms with Crippen molar-refractivity contribution in [2.24, 2.45) is 5.73 Å². The summed E-state index contributed by atoms with van der Waals surface area (Å²) in [5.41, 5.74) is 5.30. The average molecular weight is 237 g/mol. The molecule has 0 saturated heterocycles. The van der Waals surface area contributed by atoms with Gasteiger partial charge in [0.2, 0.25) is 0 Å². The van der Waals surface area contributed by atoms with Gasteiger partial charge in [-0.2, -0.15) is 0 Å². The van der Waals surface area contributed by atoms with Crippen molar-refractivity contribution in [2.75, 3.05) is 27.9 Å². The molecular formula is C9H23NO4Si. The number of aliphatic hydroxyl groups is 1. The minimum Gasteiger partial charge on any atom is -0.392 e. The molecule has 0 aromatic carbocycles. The standard InChI is InChI=1S/C9H23NO4Si/c1-12-15(13-2,14-3)7-5-4-6-9(11)8-10/h9,11H,4-8,10H2,1-3H3. The number of hydrogen-bond acceptors (Lipinski definition) is 5. The van der Waals surface area contributed by atoms with Crippen LogP contribution in [0.25, 0.3) is 0 Å². The molecular weight excluding hydrogens is 214 g/mol. The molecule has 0 rings (SSSR count). The van der Waals surface area contributed by atoms with Gasteiger partial charge in [0.15, 0.2) is 0 Å². The van der Waals surface area contributed by atoms with Crippen LogP contribution in [0.4, 0.5) is 0 Å². The van der Waals surface area contributed by atoms with Gasteiger partial charge >= 0.3 is 8.80 Å². The van der Waals surface area contributed by atoms with E-state index in [0.29, 0.717) is 6.54 Å². The molecule has 0 spiro atoms. The summed E-state index contributed by atoms with van der Waals surface area (Å²) >= 11 is 0. The van der Waals surface area contributed by atoms with E-state index >= 15 is 0 Å². The summed E-state index contributed by atoms with van der Waals surface area (Å²) in [6.45, 7) is 0.321. The van der Waals surface area contributed by atoms with E-state index in [1.807, 2.05) is 0 Å². The summed E-state index contributed by atoms with van der Waals surface area (Å²) in [6.07, 6.45) is 2.15. The number of rotatable bonds is 9. The van der Waals surface area contributed by atoms with Crippen molar-refractivity contribution < 1.29 is 18.4 Å². The summed E-state index contributed by atoms with van der Waals surface area (Å²) in [5.74, 6) is 0. The van der Waals surface area contributed by atoms with Crippen molar-refractivity contribution in [2.45, 2.75) is 31.4 Å². The maximum Gasteiger partial charge on any atom is 0.500 e. The summed E-state index contributed by atoms with van der Waals surface area (Å²) in [4.78, 5) is 0. The Morgan fingerprint density at radius 2 is 1.67 bits per heavy atom. The largest absolute Gasteiger partial charge is 0.500 e. The van der Waals surface area contributed by atoms with E-state index in [2.05, 4.69) is 0 Å². The first kappa shape index (κ1) is 15.0. The average Bonchev–Trinajstić information content (AvgIpc) is 2.30. The van der Waals surface area contributed by atoms with Gasteiger partial charge in [-0.1, -0.05) is 6.42 Å². The maximum atomic E-state index is 9.25. The van der Waals surface area contributed by atoms with Crippen LogP contribution in [0.5, 0.6) is 0 Å². The van der Waals surface area contributed by atoms with Crippen LogP contribution in [0, 0.1) is 0 Å². The molecule has 0 saturated carbocycles. The molecule has 1 atom stereocenters. The van der Waals surface area contributed by atoms with Gasteiger partial charge in [0, 0.05) is 33.9 Å². The van der Waals surface area contributed by atoms with Crippen molar-refractivity contribution in [1.82, 2.24) is 0 Å². The zero-order chi connectivity index (χ0) is 11.7. The van der Waals surface area contributed by atoms with Crippen LogP contribution in [0.1, 0.15) is 19.3 Å². The Morgan fingerprint density at radius 1 is 1.13 bits per heavy atom. The van der Waals surface area contributed by atoms with E-state index in [1.54, 1.807) is 21.3 Å². The quantitative estimate of drug-likeness (QED) is 0.447. The minimum absolute atomic E-state index is 0.321. The van der Waals surface area contributed by atoms with Gasteiger partial charge in [-0.05, 0) is 12.8 Å². The molecule has 0 aliphatic rings. The molecule has 0 aromatic heterocycles. The van der Waals surface area contributed by atoms with Crippen molar-refractivity contribution >= 4 is 8.80 Å². The number of hydrogen-bond donors (Lipinski definition) is 2. The Kier molecular flexibility index (Phi) is 8.21. The van der Waals surface area contributed by atoms with E-state index in [4.69, 9.17) is 19.0 Å². The zero-order valence-electron chi connectivity index (χ0n) is 9.86. The molecule has 92 valence electrons. The van der Waals surface area contributed by atoms with Crippen molar-refractivity contribution in [3.05, 3.63) is 0 Å². The van der Waals surface area contributed by atoms with Crippen molar-refractivity contribution in [3.8, 4) is 0 Å². The monoisotopic (exact) mass is 237 g/mol. The molecule has 0 aromatic rings. The van der Waals surface area contributed by atoms with Crippen LogP contribution in [0.2, 0.25) is 6.04 Å². The second-order valence-corrected chi connectivity index (χ2v) is 6.52. The lowest BCUT2D eigenvalue weighted by molar-refractivity contribution is 0.121. The normalized spacial score (nSPS) is 14.2. The van der Waals surface area contributed by atoms with Gasteiger partial charge in [-0.25, -0.2) is 0 Å². The second-order valence-electron chi connectivity index (χ2n) is 3.43. The van der Waals surface area contributed by atoms with Crippen LogP contribution in [-0.2, 0) is 13.3 Å². The summed E-state index contributed by atoms with van der Waals surface area (Å²) in [7, 11) is 2.40. The molecule has 0 heterocycles. The molecule has 0 amide bonds. The first-order valence-electron chi connectivity index (χ1n) is 5.17. The highest BCUT2D eigenvalue weighted by atomic mass is 28.4. The minimum atomic E-state index is -2.41.